The number of hydrogen-bond donors (Lipinski definition) is 3. The van der Waals surface area contributed by atoms with Crippen LogP contribution in [-0.2, 0) is 17.8 Å². The van der Waals surface area contributed by atoms with Gasteiger partial charge in [0.15, 0.2) is 5.82 Å². The van der Waals surface area contributed by atoms with Gasteiger partial charge in [-0.3, -0.25) is 9.59 Å². The number of aromatic amines is 1. The summed E-state index contributed by atoms with van der Waals surface area (Å²) in [6.07, 6.45) is 3.25. The Morgan fingerprint density at radius 3 is 2.62 bits per heavy atom. The first-order valence-corrected chi connectivity index (χ1v) is 13.6. The SMILES string of the molecule is CCC(CC)n1c(Cc2cccs2)nc2cc(C(=O)N[C@@H](CC(C)C)C(=O)NCc3nnn[nH]3)ccc21. The highest BCUT2D eigenvalue weighted by Crippen LogP contribution is 2.28. The number of nitrogens with one attached hydrogen (secondary N) is 3. The summed E-state index contributed by atoms with van der Waals surface area (Å²) >= 11 is 1.72. The van der Waals surface area contributed by atoms with E-state index in [0.29, 0.717) is 23.9 Å². The number of rotatable bonds is 12. The van der Waals surface area contributed by atoms with E-state index in [4.69, 9.17) is 4.98 Å². The average Bonchev–Trinajstić information content (AvgIpc) is 3.65. The lowest BCUT2D eigenvalue weighted by molar-refractivity contribution is -0.123. The predicted molar refractivity (Wildman–Crippen MR) is 143 cm³/mol. The third-order valence-corrected chi connectivity index (χ3v) is 7.27. The highest BCUT2D eigenvalue weighted by molar-refractivity contribution is 7.09. The van der Waals surface area contributed by atoms with E-state index in [1.54, 1.807) is 11.3 Å². The van der Waals surface area contributed by atoms with E-state index in [2.05, 4.69) is 67.2 Å². The van der Waals surface area contributed by atoms with Gasteiger partial charge in [0.25, 0.3) is 5.91 Å². The van der Waals surface area contributed by atoms with Crippen LogP contribution in [0, 0.1) is 5.92 Å². The summed E-state index contributed by atoms with van der Waals surface area (Å²) < 4.78 is 2.32. The topological polar surface area (TPSA) is 130 Å². The van der Waals surface area contributed by atoms with Crippen molar-refractivity contribution in [1.29, 1.82) is 0 Å². The lowest BCUT2D eigenvalue weighted by Crippen LogP contribution is -2.47. The number of fused-ring (bicyclic) bond motifs is 1. The van der Waals surface area contributed by atoms with Crippen LogP contribution in [0.3, 0.4) is 0 Å². The Morgan fingerprint density at radius 2 is 1.97 bits per heavy atom. The summed E-state index contributed by atoms with van der Waals surface area (Å²) in [5.41, 5.74) is 2.29. The predicted octanol–water partition coefficient (Wildman–Crippen LogP) is 4.02. The number of H-pyrrole nitrogens is 1. The van der Waals surface area contributed by atoms with Crippen molar-refractivity contribution in [2.45, 2.75) is 72.0 Å². The van der Waals surface area contributed by atoms with E-state index >= 15 is 0 Å². The minimum absolute atomic E-state index is 0.155. The first kappa shape index (κ1) is 26.5. The Balaban J connectivity index is 1.57. The van der Waals surface area contributed by atoms with Crippen LogP contribution in [0.5, 0.6) is 0 Å². The van der Waals surface area contributed by atoms with Gasteiger partial charge in [0.2, 0.25) is 5.91 Å². The normalized spacial score (nSPS) is 12.4. The van der Waals surface area contributed by atoms with Crippen molar-refractivity contribution >= 4 is 34.2 Å². The number of benzene rings is 1. The highest BCUT2D eigenvalue weighted by atomic mass is 32.1. The van der Waals surface area contributed by atoms with E-state index in [9.17, 15) is 9.59 Å². The van der Waals surface area contributed by atoms with E-state index in [0.717, 1.165) is 36.1 Å². The largest absolute Gasteiger partial charge is 0.347 e. The van der Waals surface area contributed by atoms with Gasteiger partial charge in [0, 0.05) is 22.9 Å². The second-order valence-electron chi connectivity index (χ2n) is 9.55. The summed E-state index contributed by atoms with van der Waals surface area (Å²) in [5, 5.41) is 21.2. The second-order valence-corrected chi connectivity index (χ2v) is 10.6. The fraction of sp³-hybridized carbons (Fsp3) is 0.462. The molecular formula is C26H34N8O2S. The molecule has 1 atom stereocenters. The minimum Gasteiger partial charge on any atom is -0.347 e. The van der Waals surface area contributed by atoms with Crippen molar-refractivity contribution in [2.24, 2.45) is 5.92 Å². The molecule has 3 N–H and O–H groups in total. The van der Waals surface area contributed by atoms with Gasteiger partial charge >= 0.3 is 0 Å². The Labute approximate surface area is 220 Å². The maximum Gasteiger partial charge on any atom is 0.252 e. The Bertz CT molecular complexity index is 1310. The van der Waals surface area contributed by atoms with Crippen LogP contribution in [0.15, 0.2) is 35.7 Å². The molecular weight excluding hydrogens is 488 g/mol. The number of aromatic nitrogens is 6. The third-order valence-electron chi connectivity index (χ3n) is 6.39. The smallest absolute Gasteiger partial charge is 0.252 e. The molecule has 4 aromatic rings. The van der Waals surface area contributed by atoms with Gasteiger partial charge in [-0.05, 0) is 65.3 Å². The van der Waals surface area contributed by atoms with Gasteiger partial charge < -0.3 is 15.2 Å². The van der Waals surface area contributed by atoms with Crippen LogP contribution in [-0.4, -0.2) is 48.0 Å². The summed E-state index contributed by atoms with van der Waals surface area (Å²) in [7, 11) is 0. The minimum atomic E-state index is -0.685. The van der Waals surface area contributed by atoms with Gasteiger partial charge in [-0.2, -0.15) is 0 Å². The molecule has 0 spiro atoms. The van der Waals surface area contributed by atoms with Gasteiger partial charge in [0.1, 0.15) is 11.9 Å². The highest BCUT2D eigenvalue weighted by Gasteiger charge is 2.24. The molecule has 11 heteroatoms. The molecule has 0 radical (unpaired) electrons. The Hall–Kier alpha value is -3.60. The summed E-state index contributed by atoms with van der Waals surface area (Å²) in [5.74, 6) is 1.07. The molecule has 0 saturated carbocycles. The number of hydrogen-bond acceptors (Lipinski definition) is 7. The zero-order valence-corrected chi connectivity index (χ0v) is 22.5. The Morgan fingerprint density at radius 1 is 1.16 bits per heavy atom. The van der Waals surface area contributed by atoms with Gasteiger partial charge in [-0.1, -0.05) is 33.8 Å². The van der Waals surface area contributed by atoms with Crippen molar-refractivity contribution in [3.05, 3.63) is 57.8 Å². The monoisotopic (exact) mass is 522 g/mol. The van der Waals surface area contributed by atoms with Crippen LogP contribution in [0.4, 0.5) is 0 Å². The summed E-state index contributed by atoms with van der Waals surface area (Å²) in [6.45, 7) is 8.56. The molecule has 3 heterocycles. The van der Waals surface area contributed by atoms with E-state index in [1.807, 2.05) is 32.0 Å². The lowest BCUT2D eigenvalue weighted by Gasteiger charge is -2.20. The zero-order chi connectivity index (χ0) is 26.4. The maximum atomic E-state index is 13.2. The van der Waals surface area contributed by atoms with Crippen LogP contribution in [0.1, 0.15) is 79.9 Å². The molecule has 1 aromatic carbocycles. The summed E-state index contributed by atoms with van der Waals surface area (Å²) in [6, 6.07) is 9.44. The van der Waals surface area contributed by atoms with Crippen LogP contribution >= 0.6 is 11.3 Å². The molecule has 0 fully saturated rings. The van der Waals surface area contributed by atoms with E-state index in [-0.39, 0.29) is 24.3 Å². The third kappa shape index (κ3) is 6.40. The number of amides is 2. The van der Waals surface area contributed by atoms with E-state index < -0.39 is 6.04 Å². The molecule has 196 valence electrons. The van der Waals surface area contributed by atoms with Gasteiger partial charge in [-0.25, -0.2) is 10.1 Å². The quantitative estimate of drug-likeness (QED) is 0.258. The second kappa shape index (κ2) is 12.1. The van der Waals surface area contributed by atoms with Gasteiger partial charge in [-0.15, -0.1) is 16.4 Å². The molecule has 2 amide bonds. The van der Waals surface area contributed by atoms with Crippen molar-refractivity contribution in [3.8, 4) is 0 Å². The Kier molecular flexibility index (Phi) is 8.65. The molecule has 0 unspecified atom stereocenters. The summed E-state index contributed by atoms with van der Waals surface area (Å²) in [4.78, 5) is 32.3. The number of thiophene rings is 1. The molecule has 0 aliphatic heterocycles. The molecule has 10 nitrogen and oxygen atoms in total. The molecule has 37 heavy (non-hydrogen) atoms. The number of carbonyl (C=O) groups excluding carboxylic acids is 2. The molecule has 0 aliphatic rings. The molecule has 0 saturated heterocycles. The molecule has 3 aromatic heterocycles. The van der Waals surface area contributed by atoms with Gasteiger partial charge in [0.05, 0.1) is 17.6 Å². The van der Waals surface area contributed by atoms with Crippen LogP contribution in [0.25, 0.3) is 11.0 Å². The number of tetrazole rings is 1. The maximum absolute atomic E-state index is 13.2. The number of carbonyl (C=O) groups is 2. The average molecular weight is 523 g/mol. The van der Waals surface area contributed by atoms with Crippen LogP contribution in [0.2, 0.25) is 0 Å². The first-order valence-electron chi connectivity index (χ1n) is 12.7. The fourth-order valence-electron chi connectivity index (χ4n) is 4.54. The zero-order valence-electron chi connectivity index (χ0n) is 21.7. The lowest BCUT2D eigenvalue weighted by atomic mass is 10.0. The van der Waals surface area contributed by atoms with Crippen molar-refractivity contribution in [1.82, 2.24) is 40.8 Å². The fourth-order valence-corrected chi connectivity index (χ4v) is 5.24. The molecule has 0 aliphatic carbocycles. The van der Waals surface area contributed by atoms with Crippen LogP contribution < -0.4 is 10.6 Å². The standard InChI is InChI=1S/C26H34N8O2S/c1-5-18(6-2)34-22-10-9-17(13-20(22)28-24(34)14-19-8-7-11-37-19)25(35)29-21(12-16(3)4)26(36)27-15-23-30-32-33-31-23/h7-11,13,16,18,21H,5-6,12,14-15H2,1-4H3,(H,27,36)(H,29,35)(H,30,31,32,33)/t21-/m0/s1. The molecule has 4 rings (SSSR count). The molecule has 0 bridgehead atoms. The number of imidazole rings is 1. The van der Waals surface area contributed by atoms with Crippen molar-refractivity contribution < 1.29 is 9.59 Å². The van der Waals surface area contributed by atoms with E-state index in [1.165, 1.54) is 4.88 Å². The van der Waals surface area contributed by atoms with Crippen molar-refractivity contribution in [2.75, 3.05) is 0 Å². The first-order chi connectivity index (χ1) is 17.9. The van der Waals surface area contributed by atoms with Crippen molar-refractivity contribution in [3.63, 3.8) is 0 Å². The number of nitrogens with zero attached hydrogens (tertiary/aromatic N) is 5.